The molecule has 5 aromatic carbocycles. The van der Waals surface area contributed by atoms with Crippen molar-refractivity contribution in [3.63, 3.8) is 0 Å². The molecule has 4 atom stereocenters. The number of ether oxygens (including phenoxy) is 4. The van der Waals surface area contributed by atoms with Crippen LogP contribution in [0.3, 0.4) is 0 Å². The maximum Gasteiger partial charge on any atom is 0.240 e. The van der Waals surface area contributed by atoms with E-state index in [0.717, 1.165) is 70.9 Å². The maximum atomic E-state index is 13.0. The molecule has 0 unspecified atom stereocenters. The molecule has 2 N–H and O–H groups in total. The number of aliphatic hydroxyl groups is 1. The van der Waals surface area contributed by atoms with Gasteiger partial charge in [-0.25, -0.2) is 13.1 Å². The molecular weight excluding hydrogens is 689 g/mol. The van der Waals surface area contributed by atoms with Gasteiger partial charge in [0.15, 0.2) is 17.8 Å². The molecule has 53 heavy (non-hydrogen) atoms. The van der Waals surface area contributed by atoms with E-state index in [1.807, 2.05) is 72.8 Å². The highest BCUT2D eigenvalue weighted by molar-refractivity contribution is 7.89. The Morgan fingerprint density at radius 2 is 1.47 bits per heavy atom. The van der Waals surface area contributed by atoms with Gasteiger partial charge in [-0.05, 0) is 69.6 Å². The van der Waals surface area contributed by atoms with E-state index in [0.29, 0.717) is 0 Å². The minimum absolute atomic E-state index is 0.0167. The van der Waals surface area contributed by atoms with Gasteiger partial charge in [-0.15, -0.1) is 0 Å². The summed E-state index contributed by atoms with van der Waals surface area (Å²) in [5.41, 5.74) is 8.05. The largest absolute Gasteiger partial charge is 0.493 e. The molecule has 0 amide bonds. The molecule has 1 saturated heterocycles. The summed E-state index contributed by atoms with van der Waals surface area (Å²) in [4.78, 5) is 2.67. The first-order chi connectivity index (χ1) is 25.8. The highest BCUT2D eigenvalue weighted by atomic mass is 32.2. The van der Waals surface area contributed by atoms with Gasteiger partial charge in [-0.2, -0.15) is 0 Å². The molecule has 276 valence electrons. The smallest absolute Gasteiger partial charge is 0.240 e. The topological polar surface area (TPSA) is 107 Å². The van der Waals surface area contributed by atoms with Crippen molar-refractivity contribution >= 4 is 10.0 Å². The van der Waals surface area contributed by atoms with E-state index in [9.17, 15) is 13.5 Å². The average molecular weight is 735 g/mol. The molecule has 5 aromatic rings. The summed E-state index contributed by atoms with van der Waals surface area (Å²) >= 11 is 0. The SMILES string of the molecule is COc1cc2c(cc1OC)CN(C[C@@H]1O[C@H](c3ccc(-c4ccccc4CNS(=O)(=O)c4ccccc4)cc3)O[C@H](c3ccc(CO)cc3)[C@@H]1C)CC2. The number of nitrogens with zero attached hydrogens (tertiary/aromatic N) is 1. The first kappa shape index (κ1) is 36.8. The fraction of sp³-hybridized carbons (Fsp3) is 0.302. The second-order valence-electron chi connectivity index (χ2n) is 13.7. The van der Waals surface area contributed by atoms with Crippen LogP contribution in [-0.4, -0.2) is 51.8 Å². The van der Waals surface area contributed by atoms with Crippen LogP contribution in [0, 0.1) is 5.92 Å². The Hall–Kier alpha value is -4.55. The first-order valence-electron chi connectivity index (χ1n) is 18.0. The number of aliphatic hydroxyl groups excluding tert-OH is 1. The van der Waals surface area contributed by atoms with E-state index in [2.05, 4.69) is 28.7 Å². The van der Waals surface area contributed by atoms with Gasteiger partial charge in [-0.3, -0.25) is 4.90 Å². The second-order valence-corrected chi connectivity index (χ2v) is 15.5. The van der Waals surface area contributed by atoms with E-state index in [4.69, 9.17) is 18.9 Å². The van der Waals surface area contributed by atoms with Crippen LogP contribution >= 0.6 is 0 Å². The molecule has 0 bridgehead atoms. The normalized spacial score (nSPS) is 20.5. The molecule has 2 aliphatic rings. The fourth-order valence-electron chi connectivity index (χ4n) is 7.31. The van der Waals surface area contributed by atoms with Crippen molar-refractivity contribution in [2.45, 2.75) is 56.4 Å². The zero-order valence-corrected chi connectivity index (χ0v) is 31.1. The van der Waals surface area contributed by atoms with Gasteiger partial charge in [0, 0.05) is 37.7 Å². The van der Waals surface area contributed by atoms with Crippen LogP contribution in [0.25, 0.3) is 11.1 Å². The van der Waals surface area contributed by atoms with E-state index in [1.54, 1.807) is 44.6 Å². The van der Waals surface area contributed by atoms with Gasteiger partial charge >= 0.3 is 0 Å². The minimum Gasteiger partial charge on any atom is -0.493 e. The number of hydrogen-bond acceptors (Lipinski definition) is 8. The number of benzene rings is 5. The lowest BCUT2D eigenvalue weighted by molar-refractivity contribution is -0.276. The van der Waals surface area contributed by atoms with Crippen LogP contribution in [0.2, 0.25) is 0 Å². The third kappa shape index (κ3) is 8.18. The summed E-state index contributed by atoms with van der Waals surface area (Å²) < 4.78 is 53.4. The quantitative estimate of drug-likeness (QED) is 0.139. The predicted octanol–water partition coefficient (Wildman–Crippen LogP) is 7.19. The Balaban J connectivity index is 1.12. The van der Waals surface area contributed by atoms with Gasteiger partial charge in [-0.1, -0.05) is 97.9 Å². The molecule has 7 rings (SSSR count). The van der Waals surface area contributed by atoms with Crippen molar-refractivity contribution in [3.05, 3.63) is 149 Å². The van der Waals surface area contributed by atoms with E-state index in [1.165, 1.54) is 11.1 Å². The van der Waals surface area contributed by atoms with Crippen LogP contribution in [0.15, 0.2) is 120 Å². The summed E-state index contributed by atoms with van der Waals surface area (Å²) in [6, 6.07) is 36.5. The zero-order chi connectivity index (χ0) is 37.0. The predicted molar refractivity (Wildman–Crippen MR) is 204 cm³/mol. The van der Waals surface area contributed by atoms with Crippen molar-refractivity contribution in [1.29, 1.82) is 0 Å². The van der Waals surface area contributed by atoms with E-state index >= 15 is 0 Å². The van der Waals surface area contributed by atoms with Crippen molar-refractivity contribution in [1.82, 2.24) is 9.62 Å². The maximum absolute atomic E-state index is 13.0. The lowest BCUT2D eigenvalue weighted by atomic mass is 9.89. The summed E-state index contributed by atoms with van der Waals surface area (Å²) in [5.74, 6) is 1.53. The molecule has 0 saturated carbocycles. The number of methoxy groups -OCH3 is 2. The fourth-order valence-corrected chi connectivity index (χ4v) is 8.34. The lowest BCUT2D eigenvalue weighted by Crippen LogP contribution is -2.45. The van der Waals surface area contributed by atoms with E-state index in [-0.39, 0.29) is 36.2 Å². The summed E-state index contributed by atoms with van der Waals surface area (Å²) in [7, 11) is -0.330. The third-order valence-electron chi connectivity index (χ3n) is 10.4. The first-order valence-corrected chi connectivity index (χ1v) is 19.4. The van der Waals surface area contributed by atoms with Crippen LogP contribution in [0.5, 0.6) is 11.5 Å². The van der Waals surface area contributed by atoms with Crippen LogP contribution in [0.4, 0.5) is 0 Å². The van der Waals surface area contributed by atoms with Gasteiger partial charge in [0.05, 0.1) is 37.9 Å². The highest BCUT2D eigenvalue weighted by Crippen LogP contribution is 2.43. The Kier molecular flexibility index (Phi) is 11.3. The lowest BCUT2D eigenvalue weighted by Gasteiger charge is -2.43. The summed E-state index contributed by atoms with van der Waals surface area (Å²) in [6.07, 6.45) is -0.0662. The number of rotatable bonds is 12. The second kappa shape index (κ2) is 16.2. The third-order valence-corrected chi connectivity index (χ3v) is 11.8. The number of sulfonamides is 1. The Bertz CT molecular complexity index is 2110. The van der Waals surface area contributed by atoms with Crippen molar-refractivity contribution in [2.24, 2.45) is 5.92 Å². The summed E-state index contributed by atoms with van der Waals surface area (Å²) in [5, 5.41) is 9.67. The van der Waals surface area contributed by atoms with Gasteiger partial charge in [0.25, 0.3) is 0 Å². The molecule has 0 aromatic heterocycles. The number of nitrogens with one attached hydrogen (secondary N) is 1. The van der Waals surface area contributed by atoms with Crippen molar-refractivity contribution in [3.8, 4) is 22.6 Å². The van der Waals surface area contributed by atoms with Gasteiger partial charge < -0.3 is 24.1 Å². The molecule has 9 nitrogen and oxygen atoms in total. The van der Waals surface area contributed by atoms with Crippen LogP contribution in [0.1, 0.15) is 52.7 Å². The molecule has 0 aliphatic carbocycles. The molecule has 2 aliphatic heterocycles. The molecule has 0 radical (unpaired) electrons. The molecular formula is C43H46N2O7S. The van der Waals surface area contributed by atoms with Crippen LogP contribution in [-0.2, 0) is 45.6 Å². The monoisotopic (exact) mass is 734 g/mol. The zero-order valence-electron chi connectivity index (χ0n) is 30.3. The number of fused-ring (bicyclic) bond motifs is 1. The molecule has 0 spiro atoms. The Morgan fingerprint density at radius 1 is 0.811 bits per heavy atom. The van der Waals surface area contributed by atoms with E-state index < -0.39 is 16.3 Å². The highest BCUT2D eigenvalue weighted by Gasteiger charge is 2.39. The number of hydrogen-bond donors (Lipinski definition) is 2. The average Bonchev–Trinajstić information content (AvgIpc) is 3.21. The Morgan fingerprint density at radius 3 is 2.17 bits per heavy atom. The van der Waals surface area contributed by atoms with Gasteiger partial charge in [0.1, 0.15) is 0 Å². The van der Waals surface area contributed by atoms with Crippen LogP contribution < -0.4 is 14.2 Å². The van der Waals surface area contributed by atoms with Crippen molar-refractivity contribution in [2.75, 3.05) is 27.3 Å². The van der Waals surface area contributed by atoms with Gasteiger partial charge in [0.2, 0.25) is 10.0 Å². The standard InChI is InChI=1S/C43H46N2O7S/c1-29-41(27-45-22-21-34-23-39(49-2)40(50-3)24-36(34)26-45)51-43(52-42(29)32-15-13-30(28-46)14-16-32)33-19-17-31(18-20-33)38-12-8-7-9-35(38)25-44-53(47,48)37-10-5-4-6-11-37/h4-20,23-24,29,41-44,46H,21-22,25-28H2,1-3H3/t29-,41+,42+,43+/m1/s1. The molecule has 1 fully saturated rings. The summed E-state index contributed by atoms with van der Waals surface area (Å²) in [6.45, 7) is 4.72. The minimum atomic E-state index is -3.66. The Labute approximate surface area is 312 Å². The molecule has 2 heterocycles. The molecule has 10 heteroatoms. The van der Waals surface area contributed by atoms with Crippen molar-refractivity contribution < 1.29 is 32.5 Å².